The second kappa shape index (κ2) is 4.76. The van der Waals surface area contributed by atoms with Crippen molar-refractivity contribution in [1.29, 1.82) is 0 Å². The number of benzene rings is 1. The Bertz CT molecular complexity index is 516. The van der Waals surface area contributed by atoms with Crippen LogP contribution in [-0.2, 0) is 12.0 Å². The lowest BCUT2D eigenvalue weighted by molar-refractivity contribution is 0.589. The lowest BCUT2D eigenvalue weighted by atomic mass is 9.87. The van der Waals surface area contributed by atoms with Gasteiger partial charge in [-0.2, -0.15) is 5.10 Å². The van der Waals surface area contributed by atoms with Gasteiger partial charge in [0.25, 0.3) is 0 Å². The van der Waals surface area contributed by atoms with E-state index in [0.29, 0.717) is 5.82 Å². The van der Waals surface area contributed by atoms with Gasteiger partial charge in [0.05, 0.1) is 11.0 Å². The van der Waals surface area contributed by atoms with E-state index in [1.807, 2.05) is 10.9 Å². The minimum atomic E-state index is 0.192. The van der Waals surface area contributed by atoms with Crippen molar-refractivity contribution >= 4 is 21.7 Å². The Morgan fingerprint density at radius 1 is 1.22 bits per heavy atom. The molecule has 0 aliphatic carbocycles. The highest BCUT2D eigenvalue weighted by Gasteiger charge is 2.12. The number of nitrogens with zero attached hydrogens (tertiary/aromatic N) is 2. The van der Waals surface area contributed by atoms with E-state index in [1.54, 1.807) is 0 Å². The smallest absolute Gasteiger partial charge is 0.159 e. The van der Waals surface area contributed by atoms with E-state index in [2.05, 4.69) is 66.1 Å². The molecule has 0 unspecified atom stereocenters. The summed E-state index contributed by atoms with van der Waals surface area (Å²) in [6.07, 6.45) is 1.90. The van der Waals surface area contributed by atoms with Gasteiger partial charge >= 0.3 is 0 Å². The molecule has 0 aliphatic rings. The van der Waals surface area contributed by atoms with Gasteiger partial charge in [0.15, 0.2) is 5.82 Å². The van der Waals surface area contributed by atoms with Gasteiger partial charge < -0.3 is 5.73 Å². The van der Waals surface area contributed by atoms with Gasteiger partial charge in [0.1, 0.15) is 0 Å². The van der Waals surface area contributed by atoms with Crippen LogP contribution in [0.1, 0.15) is 31.9 Å². The molecular weight excluding hydrogens is 290 g/mol. The summed E-state index contributed by atoms with van der Waals surface area (Å²) in [4.78, 5) is 0. The number of halogens is 1. The third-order valence-corrected chi connectivity index (χ3v) is 3.52. The molecule has 0 fully saturated rings. The second-order valence-electron chi connectivity index (χ2n) is 5.51. The van der Waals surface area contributed by atoms with Crippen molar-refractivity contribution in [3.8, 4) is 0 Å². The highest BCUT2D eigenvalue weighted by atomic mass is 79.9. The fourth-order valence-corrected chi connectivity index (χ4v) is 2.11. The minimum Gasteiger partial charge on any atom is -0.381 e. The first-order valence-corrected chi connectivity index (χ1v) is 6.73. The van der Waals surface area contributed by atoms with Crippen LogP contribution in [0, 0.1) is 0 Å². The van der Waals surface area contributed by atoms with Gasteiger partial charge in [-0.05, 0) is 32.5 Å². The predicted molar refractivity (Wildman–Crippen MR) is 78.6 cm³/mol. The van der Waals surface area contributed by atoms with Gasteiger partial charge in [0.2, 0.25) is 0 Å². The summed E-state index contributed by atoms with van der Waals surface area (Å²) in [6, 6.07) is 8.65. The minimum absolute atomic E-state index is 0.192. The van der Waals surface area contributed by atoms with E-state index in [9.17, 15) is 0 Å². The summed E-state index contributed by atoms with van der Waals surface area (Å²) in [6.45, 7) is 7.38. The normalized spacial score (nSPS) is 11.8. The third kappa shape index (κ3) is 2.93. The standard InChI is InChI=1S/C14H18BrN3/c1-14(2,3)11-6-4-10(5-7-11)8-18-9-12(15)13(16)17-18/h4-7,9H,8H2,1-3H3,(H2,16,17). The van der Waals surface area contributed by atoms with Crippen molar-refractivity contribution in [3.63, 3.8) is 0 Å². The lowest BCUT2D eigenvalue weighted by Gasteiger charge is -2.19. The summed E-state index contributed by atoms with van der Waals surface area (Å²) in [5.41, 5.74) is 8.45. The fraction of sp³-hybridized carbons (Fsp3) is 0.357. The lowest BCUT2D eigenvalue weighted by Crippen LogP contribution is -2.11. The molecule has 18 heavy (non-hydrogen) atoms. The Hall–Kier alpha value is -1.29. The van der Waals surface area contributed by atoms with Crippen molar-refractivity contribution in [3.05, 3.63) is 46.1 Å². The van der Waals surface area contributed by atoms with Crippen molar-refractivity contribution in [1.82, 2.24) is 9.78 Å². The number of rotatable bonds is 2. The molecule has 1 aromatic carbocycles. The van der Waals surface area contributed by atoms with Crippen molar-refractivity contribution in [2.75, 3.05) is 5.73 Å². The largest absolute Gasteiger partial charge is 0.381 e. The van der Waals surface area contributed by atoms with Crippen LogP contribution in [-0.4, -0.2) is 9.78 Å². The molecule has 0 bridgehead atoms. The highest BCUT2D eigenvalue weighted by molar-refractivity contribution is 9.10. The summed E-state index contributed by atoms with van der Waals surface area (Å²) >= 11 is 3.36. The quantitative estimate of drug-likeness (QED) is 0.921. The zero-order valence-corrected chi connectivity index (χ0v) is 12.5. The maximum atomic E-state index is 5.70. The van der Waals surface area contributed by atoms with E-state index in [0.717, 1.165) is 11.0 Å². The SMILES string of the molecule is CC(C)(C)c1ccc(Cn2cc(Br)c(N)n2)cc1. The molecule has 2 rings (SSSR count). The fourth-order valence-electron chi connectivity index (χ4n) is 1.79. The van der Waals surface area contributed by atoms with Crippen LogP contribution in [0.4, 0.5) is 5.82 Å². The molecule has 0 saturated heterocycles. The molecule has 2 aromatic rings. The zero-order valence-electron chi connectivity index (χ0n) is 10.9. The van der Waals surface area contributed by atoms with E-state index < -0.39 is 0 Å². The Kier molecular flexibility index (Phi) is 3.48. The van der Waals surface area contributed by atoms with Crippen molar-refractivity contribution in [2.45, 2.75) is 32.7 Å². The molecule has 0 atom stereocenters. The van der Waals surface area contributed by atoms with Crippen molar-refractivity contribution < 1.29 is 0 Å². The van der Waals surface area contributed by atoms with Crippen LogP contribution in [0.2, 0.25) is 0 Å². The van der Waals surface area contributed by atoms with E-state index in [4.69, 9.17) is 5.73 Å². The molecule has 4 heteroatoms. The van der Waals surface area contributed by atoms with Crippen LogP contribution >= 0.6 is 15.9 Å². The first-order valence-electron chi connectivity index (χ1n) is 5.94. The predicted octanol–water partition coefficient (Wildman–Crippen LogP) is 3.57. The van der Waals surface area contributed by atoms with Crippen LogP contribution < -0.4 is 5.73 Å². The monoisotopic (exact) mass is 307 g/mol. The van der Waals surface area contributed by atoms with Gasteiger partial charge in [-0.25, -0.2) is 0 Å². The zero-order chi connectivity index (χ0) is 13.3. The molecule has 0 aliphatic heterocycles. The van der Waals surface area contributed by atoms with Gasteiger partial charge in [-0.15, -0.1) is 0 Å². The Balaban J connectivity index is 2.16. The Morgan fingerprint density at radius 3 is 2.28 bits per heavy atom. The third-order valence-electron chi connectivity index (χ3n) is 2.91. The number of aromatic nitrogens is 2. The van der Waals surface area contributed by atoms with Crippen LogP contribution in [0.3, 0.4) is 0 Å². The summed E-state index contributed by atoms with van der Waals surface area (Å²) in [7, 11) is 0. The molecule has 96 valence electrons. The summed E-state index contributed by atoms with van der Waals surface area (Å²) in [5.74, 6) is 0.529. The molecule has 1 aromatic heterocycles. The Morgan fingerprint density at radius 2 is 1.83 bits per heavy atom. The second-order valence-corrected chi connectivity index (χ2v) is 6.36. The van der Waals surface area contributed by atoms with Gasteiger partial charge in [0, 0.05) is 6.20 Å². The summed E-state index contributed by atoms with van der Waals surface area (Å²) < 4.78 is 2.68. The van der Waals surface area contributed by atoms with E-state index >= 15 is 0 Å². The first-order chi connectivity index (χ1) is 8.36. The number of hydrogen-bond donors (Lipinski definition) is 1. The van der Waals surface area contributed by atoms with Crippen molar-refractivity contribution in [2.24, 2.45) is 0 Å². The number of hydrogen-bond acceptors (Lipinski definition) is 2. The highest BCUT2D eigenvalue weighted by Crippen LogP contribution is 2.23. The molecular formula is C14H18BrN3. The van der Waals surface area contributed by atoms with Gasteiger partial charge in [-0.1, -0.05) is 45.0 Å². The average molecular weight is 308 g/mol. The maximum Gasteiger partial charge on any atom is 0.159 e. The molecule has 1 heterocycles. The van der Waals surface area contributed by atoms with Gasteiger partial charge in [-0.3, -0.25) is 4.68 Å². The number of anilines is 1. The molecule has 3 nitrogen and oxygen atoms in total. The van der Waals surface area contributed by atoms with E-state index in [-0.39, 0.29) is 5.41 Å². The number of nitrogen functional groups attached to an aromatic ring is 1. The topological polar surface area (TPSA) is 43.8 Å². The molecule has 0 spiro atoms. The van der Waals surface area contributed by atoms with Crippen LogP contribution in [0.5, 0.6) is 0 Å². The Labute approximate surface area is 116 Å². The van der Waals surface area contributed by atoms with Crippen LogP contribution in [0.25, 0.3) is 0 Å². The maximum absolute atomic E-state index is 5.70. The molecule has 2 N–H and O–H groups in total. The molecule has 0 radical (unpaired) electrons. The number of nitrogens with two attached hydrogens (primary N) is 1. The first kappa shape index (κ1) is 13.1. The molecule has 0 saturated carbocycles. The average Bonchev–Trinajstić information content (AvgIpc) is 2.57. The van der Waals surface area contributed by atoms with E-state index in [1.165, 1.54) is 11.1 Å². The van der Waals surface area contributed by atoms with Crippen LogP contribution in [0.15, 0.2) is 34.9 Å². The summed E-state index contributed by atoms with van der Waals surface area (Å²) in [5, 5.41) is 4.22. The molecule has 0 amide bonds.